The van der Waals surface area contributed by atoms with Gasteiger partial charge in [0.1, 0.15) is 0 Å². The highest BCUT2D eigenvalue weighted by Crippen LogP contribution is 2.27. The van der Waals surface area contributed by atoms with E-state index in [-0.39, 0.29) is 18.2 Å². The number of benzene rings is 1. The Hall–Kier alpha value is -1.57. The summed E-state index contributed by atoms with van der Waals surface area (Å²) in [6.45, 7) is 1.98. The molecule has 2 rings (SSSR count). The molecule has 0 atom stereocenters. The first-order chi connectivity index (χ1) is 8.63. The van der Waals surface area contributed by atoms with Crippen LogP contribution < -0.4 is 5.73 Å². The minimum Gasteiger partial charge on any atom is -0.461 e. The number of nitrogens with zero attached hydrogens (tertiary/aromatic N) is 1. The van der Waals surface area contributed by atoms with Crippen LogP contribution in [0.15, 0.2) is 28.7 Å². The first kappa shape index (κ1) is 12.9. The van der Waals surface area contributed by atoms with Crippen molar-refractivity contribution in [3.05, 3.63) is 33.5 Å². The molecule has 18 heavy (non-hydrogen) atoms. The maximum atomic E-state index is 11.6. The molecule has 0 radical (unpaired) electrons. The smallest absolute Gasteiger partial charge is 0.362 e. The number of anilines is 1. The van der Waals surface area contributed by atoms with Crippen molar-refractivity contribution in [2.24, 2.45) is 0 Å². The normalized spacial score (nSPS) is 10.3. The summed E-state index contributed by atoms with van der Waals surface area (Å²) >= 11 is 2.16. The summed E-state index contributed by atoms with van der Waals surface area (Å²) in [6, 6.07) is 7.54. The lowest BCUT2D eigenvalue weighted by atomic mass is 10.2. The van der Waals surface area contributed by atoms with Crippen molar-refractivity contribution in [2.75, 3.05) is 12.3 Å². The number of oxazole rings is 1. The van der Waals surface area contributed by atoms with Gasteiger partial charge in [-0.25, -0.2) is 4.79 Å². The summed E-state index contributed by atoms with van der Waals surface area (Å²) in [5.41, 5.74) is 6.44. The number of carbonyl (C=O) groups excluding carboxylic acids is 1. The molecule has 94 valence electrons. The molecule has 0 amide bonds. The lowest BCUT2D eigenvalue weighted by Gasteiger charge is -1.97. The second-order valence-electron chi connectivity index (χ2n) is 3.43. The quantitative estimate of drug-likeness (QED) is 0.674. The number of aromatic nitrogens is 1. The van der Waals surface area contributed by atoms with Gasteiger partial charge in [-0.2, -0.15) is 4.98 Å². The van der Waals surface area contributed by atoms with Crippen LogP contribution in [0.2, 0.25) is 0 Å². The zero-order valence-corrected chi connectivity index (χ0v) is 11.8. The topological polar surface area (TPSA) is 78.3 Å². The van der Waals surface area contributed by atoms with Gasteiger partial charge in [-0.3, -0.25) is 0 Å². The molecule has 0 aliphatic rings. The van der Waals surface area contributed by atoms with E-state index in [1.807, 2.05) is 24.3 Å². The largest absolute Gasteiger partial charge is 0.461 e. The average molecular weight is 358 g/mol. The highest BCUT2D eigenvalue weighted by Gasteiger charge is 2.20. The SMILES string of the molecule is CCOC(=O)c1nc(-c2ccccc2I)oc1N. The number of nitrogens with two attached hydrogens (primary N) is 1. The zero-order valence-electron chi connectivity index (χ0n) is 9.64. The standard InChI is InChI=1S/C12H11IN2O3/c1-2-17-12(16)9-10(14)18-11(15-9)7-5-3-4-6-8(7)13/h3-6H,2,14H2,1H3. The summed E-state index contributed by atoms with van der Waals surface area (Å²) in [5.74, 6) is -0.278. The lowest BCUT2D eigenvalue weighted by Crippen LogP contribution is -2.07. The van der Waals surface area contributed by atoms with Crippen LogP contribution in [0.1, 0.15) is 17.4 Å². The van der Waals surface area contributed by atoms with Gasteiger partial charge >= 0.3 is 5.97 Å². The molecule has 0 spiro atoms. The minimum absolute atomic E-state index is 0.0199. The van der Waals surface area contributed by atoms with E-state index in [4.69, 9.17) is 14.9 Å². The number of esters is 1. The molecule has 2 N–H and O–H groups in total. The van der Waals surface area contributed by atoms with Crippen LogP contribution in [-0.4, -0.2) is 17.6 Å². The molecule has 0 aliphatic carbocycles. The van der Waals surface area contributed by atoms with E-state index in [9.17, 15) is 4.79 Å². The number of halogens is 1. The number of hydrogen-bond donors (Lipinski definition) is 1. The summed E-state index contributed by atoms with van der Waals surface area (Å²) < 4.78 is 11.1. The Balaban J connectivity index is 2.41. The van der Waals surface area contributed by atoms with Crippen molar-refractivity contribution in [1.29, 1.82) is 0 Å². The van der Waals surface area contributed by atoms with Crippen molar-refractivity contribution in [3.63, 3.8) is 0 Å². The van der Waals surface area contributed by atoms with E-state index < -0.39 is 5.97 Å². The second-order valence-corrected chi connectivity index (χ2v) is 4.59. The zero-order chi connectivity index (χ0) is 13.1. The third kappa shape index (κ3) is 2.47. The van der Waals surface area contributed by atoms with Crippen LogP contribution in [0.5, 0.6) is 0 Å². The van der Waals surface area contributed by atoms with Crippen LogP contribution >= 0.6 is 22.6 Å². The number of carbonyl (C=O) groups is 1. The molecule has 1 aromatic carbocycles. The van der Waals surface area contributed by atoms with E-state index in [0.717, 1.165) is 9.13 Å². The van der Waals surface area contributed by atoms with Crippen molar-refractivity contribution in [2.45, 2.75) is 6.92 Å². The first-order valence-electron chi connectivity index (χ1n) is 5.31. The molecule has 0 aliphatic heterocycles. The van der Waals surface area contributed by atoms with Crippen LogP contribution in [-0.2, 0) is 4.74 Å². The Labute approximate surface area is 117 Å². The van der Waals surface area contributed by atoms with Gasteiger partial charge in [-0.05, 0) is 41.6 Å². The van der Waals surface area contributed by atoms with Crippen LogP contribution in [0.25, 0.3) is 11.5 Å². The maximum Gasteiger partial charge on any atom is 0.362 e. The Morgan fingerprint density at radius 1 is 1.50 bits per heavy atom. The molecule has 0 fully saturated rings. The number of hydrogen-bond acceptors (Lipinski definition) is 5. The van der Waals surface area contributed by atoms with Gasteiger partial charge in [0.15, 0.2) is 0 Å². The predicted octanol–water partition coefficient (Wildman–Crippen LogP) is 2.71. The third-order valence-electron chi connectivity index (χ3n) is 2.23. The molecule has 0 saturated carbocycles. The van der Waals surface area contributed by atoms with Crippen LogP contribution in [0.4, 0.5) is 5.88 Å². The lowest BCUT2D eigenvalue weighted by molar-refractivity contribution is 0.0521. The second kappa shape index (κ2) is 5.38. The van der Waals surface area contributed by atoms with Gasteiger partial charge in [0.05, 0.1) is 12.2 Å². The molecule has 0 saturated heterocycles. The van der Waals surface area contributed by atoms with Crippen molar-refractivity contribution in [3.8, 4) is 11.5 Å². The minimum atomic E-state index is -0.573. The predicted molar refractivity (Wildman–Crippen MR) is 75.0 cm³/mol. The fourth-order valence-corrected chi connectivity index (χ4v) is 2.05. The molecular weight excluding hydrogens is 347 g/mol. The third-order valence-corrected chi connectivity index (χ3v) is 3.17. The highest BCUT2D eigenvalue weighted by atomic mass is 127. The van der Waals surface area contributed by atoms with Crippen molar-refractivity contribution < 1.29 is 13.9 Å². The summed E-state index contributed by atoms with van der Waals surface area (Å²) in [6.07, 6.45) is 0. The van der Waals surface area contributed by atoms with Gasteiger partial charge in [-0.1, -0.05) is 12.1 Å². The van der Waals surface area contributed by atoms with Gasteiger partial charge in [0, 0.05) is 3.57 Å². The molecular formula is C12H11IN2O3. The summed E-state index contributed by atoms with van der Waals surface area (Å²) in [7, 11) is 0. The van der Waals surface area contributed by atoms with Gasteiger partial charge in [-0.15, -0.1) is 0 Å². The van der Waals surface area contributed by atoms with Crippen molar-refractivity contribution >= 4 is 34.4 Å². The van der Waals surface area contributed by atoms with Crippen molar-refractivity contribution in [1.82, 2.24) is 4.98 Å². The molecule has 2 aromatic rings. The van der Waals surface area contributed by atoms with E-state index in [2.05, 4.69) is 27.6 Å². The Bertz CT molecular complexity index is 580. The highest BCUT2D eigenvalue weighted by molar-refractivity contribution is 14.1. The Morgan fingerprint density at radius 2 is 2.22 bits per heavy atom. The maximum absolute atomic E-state index is 11.6. The van der Waals surface area contributed by atoms with Crippen LogP contribution in [0, 0.1) is 3.57 Å². The molecule has 1 heterocycles. The molecule has 6 heteroatoms. The average Bonchev–Trinajstić information content (AvgIpc) is 2.72. The van der Waals surface area contributed by atoms with Gasteiger partial charge in [0.2, 0.25) is 17.5 Å². The molecule has 0 bridgehead atoms. The number of rotatable bonds is 3. The van der Waals surface area contributed by atoms with E-state index in [1.165, 1.54) is 0 Å². The van der Waals surface area contributed by atoms with E-state index in [1.54, 1.807) is 6.92 Å². The Morgan fingerprint density at radius 3 is 2.89 bits per heavy atom. The van der Waals surface area contributed by atoms with Crippen LogP contribution in [0.3, 0.4) is 0 Å². The number of ether oxygens (including phenoxy) is 1. The first-order valence-corrected chi connectivity index (χ1v) is 6.39. The molecule has 1 aromatic heterocycles. The van der Waals surface area contributed by atoms with Gasteiger partial charge < -0.3 is 14.9 Å². The molecule has 5 nitrogen and oxygen atoms in total. The molecule has 0 unspecified atom stereocenters. The van der Waals surface area contributed by atoms with E-state index in [0.29, 0.717) is 5.89 Å². The summed E-state index contributed by atoms with van der Waals surface area (Å²) in [4.78, 5) is 15.7. The Kier molecular flexibility index (Phi) is 3.85. The summed E-state index contributed by atoms with van der Waals surface area (Å²) in [5, 5.41) is 0. The monoisotopic (exact) mass is 358 g/mol. The number of nitrogen functional groups attached to an aromatic ring is 1. The van der Waals surface area contributed by atoms with Gasteiger partial charge in [0.25, 0.3) is 0 Å². The fourth-order valence-electron chi connectivity index (χ4n) is 1.43. The fraction of sp³-hybridized carbons (Fsp3) is 0.167. The van der Waals surface area contributed by atoms with E-state index >= 15 is 0 Å².